The standard InChI is InChI=1S/C24H18Cl4N2O5/c1-2-33-21-10-14(6-9-19(21)35-24(32)16-8-7-15(25)11-18(16)27)12-29-30-22(31)13-34-20-5-3-4-17(26)23(20)28/h3-12H,2,13H2,1H3,(H,30,31)/b29-12-. The van der Waals surface area contributed by atoms with Crippen molar-refractivity contribution in [1.29, 1.82) is 0 Å². The summed E-state index contributed by atoms with van der Waals surface area (Å²) < 4.78 is 16.4. The molecule has 0 aromatic heterocycles. The van der Waals surface area contributed by atoms with Crippen LogP contribution in [0.2, 0.25) is 20.1 Å². The largest absolute Gasteiger partial charge is 0.490 e. The summed E-state index contributed by atoms with van der Waals surface area (Å²) in [6.07, 6.45) is 1.40. The quantitative estimate of drug-likeness (QED) is 0.142. The Bertz CT molecular complexity index is 1270. The maximum atomic E-state index is 12.5. The number of benzene rings is 3. The van der Waals surface area contributed by atoms with Gasteiger partial charge >= 0.3 is 5.97 Å². The Morgan fingerprint density at radius 1 is 0.914 bits per heavy atom. The second kappa shape index (κ2) is 12.7. The summed E-state index contributed by atoms with van der Waals surface area (Å²) in [6.45, 7) is 1.80. The third-order valence-electron chi connectivity index (χ3n) is 4.30. The lowest BCUT2D eigenvalue weighted by molar-refractivity contribution is -0.123. The van der Waals surface area contributed by atoms with Crippen LogP contribution in [0.3, 0.4) is 0 Å². The van der Waals surface area contributed by atoms with E-state index in [1.807, 2.05) is 0 Å². The van der Waals surface area contributed by atoms with Crippen LogP contribution in [-0.4, -0.2) is 31.3 Å². The van der Waals surface area contributed by atoms with Gasteiger partial charge in [-0.3, -0.25) is 4.79 Å². The van der Waals surface area contributed by atoms with Crippen LogP contribution in [0, 0.1) is 0 Å². The van der Waals surface area contributed by atoms with Crippen LogP contribution in [0.1, 0.15) is 22.8 Å². The van der Waals surface area contributed by atoms with E-state index in [2.05, 4.69) is 10.5 Å². The first-order valence-electron chi connectivity index (χ1n) is 10.1. The van der Waals surface area contributed by atoms with Gasteiger partial charge in [0.05, 0.1) is 28.4 Å². The van der Waals surface area contributed by atoms with E-state index in [0.29, 0.717) is 28.0 Å². The molecule has 11 heteroatoms. The average molecular weight is 556 g/mol. The van der Waals surface area contributed by atoms with Gasteiger partial charge in [0, 0.05) is 5.02 Å². The molecule has 0 heterocycles. The highest BCUT2D eigenvalue weighted by Gasteiger charge is 2.16. The summed E-state index contributed by atoms with van der Waals surface area (Å²) in [5.74, 6) is -0.394. The number of carbonyl (C=O) groups is 2. The Hall–Kier alpha value is -2.97. The molecule has 0 saturated heterocycles. The van der Waals surface area contributed by atoms with Gasteiger partial charge in [0.15, 0.2) is 18.1 Å². The second-order valence-electron chi connectivity index (χ2n) is 6.79. The van der Waals surface area contributed by atoms with Gasteiger partial charge in [-0.1, -0.05) is 52.5 Å². The highest BCUT2D eigenvalue weighted by atomic mass is 35.5. The predicted molar refractivity (Wildman–Crippen MR) is 137 cm³/mol. The summed E-state index contributed by atoms with van der Waals surface area (Å²) in [4.78, 5) is 24.5. The lowest BCUT2D eigenvalue weighted by atomic mass is 10.2. The number of hydrazone groups is 1. The number of esters is 1. The molecule has 7 nitrogen and oxygen atoms in total. The Balaban J connectivity index is 1.62. The molecular weight excluding hydrogens is 538 g/mol. The highest BCUT2D eigenvalue weighted by Crippen LogP contribution is 2.32. The summed E-state index contributed by atoms with van der Waals surface area (Å²) in [5.41, 5.74) is 3.08. The second-order valence-corrected chi connectivity index (χ2v) is 8.42. The molecule has 182 valence electrons. The van der Waals surface area contributed by atoms with E-state index in [1.165, 1.54) is 24.4 Å². The molecular formula is C24H18Cl4N2O5. The van der Waals surface area contributed by atoms with Crippen molar-refractivity contribution in [3.63, 3.8) is 0 Å². The van der Waals surface area contributed by atoms with Gasteiger partial charge in [-0.2, -0.15) is 5.10 Å². The van der Waals surface area contributed by atoms with Crippen molar-refractivity contribution < 1.29 is 23.8 Å². The van der Waals surface area contributed by atoms with Gasteiger partial charge in [0.1, 0.15) is 10.8 Å². The summed E-state index contributed by atoms with van der Waals surface area (Å²) in [6, 6.07) is 14.1. The van der Waals surface area contributed by atoms with Crippen LogP contribution in [0.25, 0.3) is 0 Å². The van der Waals surface area contributed by atoms with Gasteiger partial charge in [-0.05, 0) is 61.0 Å². The maximum absolute atomic E-state index is 12.5. The van der Waals surface area contributed by atoms with Gasteiger partial charge in [-0.25, -0.2) is 10.2 Å². The van der Waals surface area contributed by atoms with Crippen LogP contribution in [-0.2, 0) is 4.79 Å². The van der Waals surface area contributed by atoms with Crippen molar-refractivity contribution in [3.8, 4) is 17.2 Å². The van der Waals surface area contributed by atoms with Crippen molar-refractivity contribution in [2.75, 3.05) is 13.2 Å². The number of ether oxygens (including phenoxy) is 3. The molecule has 0 atom stereocenters. The average Bonchev–Trinajstić information content (AvgIpc) is 2.81. The number of hydrogen-bond acceptors (Lipinski definition) is 6. The van der Waals surface area contributed by atoms with E-state index in [-0.39, 0.29) is 33.7 Å². The number of hydrogen-bond donors (Lipinski definition) is 1. The fourth-order valence-corrected chi connectivity index (χ4v) is 3.55. The molecule has 0 spiro atoms. The first-order chi connectivity index (χ1) is 16.8. The van der Waals surface area contributed by atoms with Gasteiger partial charge < -0.3 is 14.2 Å². The fourth-order valence-electron chi connectivity index (χ4n) is 2.72. The van der Waals surface area contributed by atoms with E-state index < -0.39 is 11.9 Å². The van der Waals surface area contributed by atoms with E-state index in [9.17, 15) is 9.59 Å². The first-order valence-corrected chi connectivity index (χ1v) is 11.6. The molecule has 3 rings (SSSR count). The van der Waals surface area contributed by atoms with Crippen LogP contribution in [0.4, 0.5) is 0 Å². The molecule has 3 aromatic carbocycles. The molecule has 0 saturated carbocycles. The van der Waals surface area contributed by atoms with Gasteiger partial charge in [0.25, 0.3) is 5.91 Å². The minimum atomic E-state index is -0.666. The maximum Gasteiger partial charge on any atom is 0.345 e. The topological polar surface area (TPSA) is 86.2 Å². The zero-order valence-electron chi connectivity index (χ0n) is 18.2. The zero-order chi connectivity index (χ0) is 25.4. The Morgan fingerprint density at radius 3 is 2.46 bits per heavy atom. The molecule has 0 fully saturated rings. The molecule has 3 aromatic rings. The summed E-state index contributed by atoms with van der Waals surface area (Å²) in [7, 11) is 0. The molecule has 0 aliphatic carbocycles. The lowest BCUT2D eigenvalue weighted by Crippen LogP contribution is -2.24. The molecule has 0 radical (unpaired) electrons. The van der Waals surface area contributed by atoms with Crippen molar-refractivity contribution in [2.24, 2.45) is 5.10 Å². The smallest absolute Gasteiger partial charge is 0.345 e. The minimum Gasteiger partial charge on any atom is -0.490 e. The monoisotopic (exact) mass is 554 g/mol. The molecule has 0 unspecified atom stereocenters. The van der Waals surface area contributed by atoms with Crippen molar-refractivity contribution >= 4 is 64.5 Å². The first kappa shape index (κ1) is 26.6. The fraction of sp³-hybridized carbons (Fsp3) is 0.125. The molecule has 0 aliphatic rings. The lowest BCUT2D eigenvalue weighted by Gasteiger charge is -2.12. The van der Waals surface area contributed by atoms with E-state index >= 15 is 0 Å². The van der Waals surface area contributed by atoms with Crippen molar-refractivity contribution in [2.45, 2.75) is 6.92 Å². The Morgan fingerprint density at radius 2 is 1.71 bits per heavy atom. The third kappa shape index (κ3) is 7.50. The third-order valence-corrected chi connectivity index (χ3v) is 5.65. The van der Waals surface area contributed by atoms with E-state index in [0.717, 1.165) is 0 Å². The number of nitrogens with one attached hydrogen (secondary N) is 1. The van der Waals surface area contributed by atoms with Crippen LogP contribution >= 0.6 is 46.4 Å². The van der Waals surface area contributed by atoms with Crippen LogP contribution in [0.15, 0.2) is 59.7 Å². The molecule has 1 N–H and O–H groups in total. The van der Waals surface area contributed by atoms with Crippen molar-refractivity contribution in [3.05, 3.63) is 85.8 Å². The predicted octanol–water partition coefficient (Wildman–Crippen LogP) is 6.45. The van der Waals surface area contributed by atoms with Crippen molar-refractivity contribution in [1.82, 2.24) is 5.43 Å². The van der Waals surface area contributed by atoms with E-state index in [1.54, 1.807) is 43.3 Å². The van der Waals surface area contributed by atoms with E-state index in [4.69, 9.17) is 60.6 Å². The zero-order valence-corrected chi connectivity index (χ0v) is 21.2. The SMILES string of the molecule is CCOc1cc(/C=N\NC(=O)COc2cccc(Cl)c2Cl)ccc1OC(=O)c1ccc(Cl)cc1Cl. The molecule has 0 aliphatic heterocycles. The summed E-state index contributed by atoms with van der Waals surface area (Å²) >= 11 is 23.9. The number of carbonyl (C=O) groups excluding carboxylic acids is 2. The van der Waals surface area contributed by atoms with Gasteiger partial charge in [0.2, 0.25) is 0 Å². The van der Waals surface area contributed by atoms with Crippen LogP contribution < -0.4 is 19.6 Å². The van der Waals surface area contributed by atoms with Gasteiger partial charge in [-0.15, -0.1) is 0 Å². The molecule has 0 bridgehead atoms. The summed E-state index contributed by atoms with van der Waals surface area (Å²) in [5, 5.41) is 5.00. The molecule has 35 heavy (non-hydrogen) atoms. The number of rotatable bonds is 9. The number of halogens is 4. The Kier molecular flexibility index (Phi) is 9.63. The molecule has 1 amide bonds. The minimum absolute atomic E-state index is 0.160. The number of amides is 1. The van der Waals surface area contributed by atoms with Crippen LogP contribution in [0.5, 0.6) is 17.2 Å². The highest BCUT2D eigenvalue weighted by molar-refractivity contribution is 6.43. The normalized spacial score (nSPS) is 10.8. The Labute approximate surface area is 221 Å². The number of nitrogens with zero attached hydrogens (tertiary/aromatic N) is 1.